The van der Waals surface area contributed by atoms with E-state index in [1.165, 1.54) is 6.07 Å². The average molecular weight is 307 g/mol. The van der Waals surface area contributed by atoms with Crippen molar-refractivity contribution in [3.8, 4) is 11.5 Å². The van der Waals surface area contributed by atoms with Crippen molar-refractivity contribution in [1.29, 1.82) is 0 Å². The van der Waals surface area contributed by atoms with Crippen LogP contribution in [0.25, 0.3) is 11.0 Å². The summed E-state index contributed by atoms with van der Waals surface area (Å²) < 4.78 is 15.9. The fourth-order valence-electron chi connectivity index (χ4n) is 1.99. The summed E-state index contributed by atoms with van der Waals surface area (Å²) in [5, 5.41) is 9.03. The number of amides is 1. The van der Waals surface area contributed by atoms with E-state index >= 15 is 0 Å². The van der Waals surface area contributed by atoms with Crippen LogP contribution in [-0.4, -0.2) is 24.8 Å². The summed E-state index contributed by atoms with van der Waals surface area (Å²) in [4.78, 5) is 22.4. The summed E-state index contributed by atoms with van der Waals surface area (Å²) in [5.41, 5.74) is 1.50. The molecule has 0 radical (unpaired) electrons. The van der Waals surface area contributed by atoms with Crippen LogP contribution >= 0.6 is 0 Å². The molecule has 0 unspecified atom stereocenters. The van der Waals surface area contributed by atoms with E-state index in [9.17, 15) is 9.59 Å². The van der Waals surface area contributed by atoms with Crippen molar-refractivity contribution >= 4 is 16.9 Å². The summed E-state index contributed by atoms with van der Waals surface area (Å²) >= 11 is 0. The van der Waals surface area contributed by atoms with Gasteiger partial charge in [-0.05, 0) is 31.0 Å². The van der Waals surface area contributed by atoms with Gasteiger partial charge in [0.1, 0.15) is 17.1 Å². The minimum absolute atomic E-state index is 0.214. The van der Waals surface area contributed by atoms with Crippen molar-refractivity contribution < 1.29 is 23.9 Å². The topological polar surface area (TPSA) is 98.0 Å². The first-order chi connectivity index (χ1) is 10.6. The van der Waals surface area contributed by atoms with E-state index in [-0.39, 0.29) is 6.42 Å². The summed E-state index contributed by atoms with van der Waals surface area (Å²) in [6.07, 6.45) is 1.39. The molecule has 0 atom stereocenters. The molecule has 2 N–H and O–H groups in total. The molecule has 7 heteroatoms. The molecule has 1 aromatic carbocycles. The van der Waals surface area contributed by atoms with Gasteiger partial charge in [0.2, 0.25) is 5.91 Å². The number of benzene rings is 1. The third-order valence-electron chi connectivity index (χ3n) is 3.09. The lowest BCUT2D eigenvalue weighted by molar-refractivity contribution is -0.129. The lowest BCUT2D eigenvalue weighted by atomic mass is 10.2. The molecule has 0 aliphatic carbocycles. The van der Waals surface area contributed by atoms with Gasteiger partial charge in [-0.2, -0.15) is 0 Å². The fraction of sp³-hybridized carbons (Fsp3) is 0.333. The summed E-state index contributed by atoms with van der Waals surface area (Å²) in [5.74, 6) is 0.609. The van der Waals surface area contributed by atoms with Crippen LogP contribution in [-0.2, 0) is 4.79 Å². The Kier molecular flexibility index (Phi) is 5.37. The monoisotopic (exact) mass is 307 g/mol. The van der Waals surface area contributed by atoms with Gasteiger partial charge in [0.05, 0.1) is 25.2 Å². The second kappa shape index (κ2) is 7.46. The SMILES string of the molecule is COc1ccc2oc(=O)cc(OCCCCC(=O)NO)c2c1. The number of hydroxylamine groups is 1. The van der Waals surface area contributed by atoms with Crippen LogP contribution in [0, 0.1) is 0 Å². The standard InChI is InChI=1S/C15H17NO6/c1-20-10-5-6-12-11(8-10)13(9-15(18)22-12)21-7-3-2-4-14(17)16-19/h5-6,8-9,19H,2-4,7H2,1H3,(H,16,17). The molecule has 0 saturated carbocycles. The zero-order valence-corrected chi connectivity index (χ0v) is 12.1. The van der Waals surface area contributed by atoms with Gasteiger partial charge in [-0.25, -0.2) is 10.3 Å². The number of ether oxygens (including phenoxy) is 2. The van der Waals surface area contributed by atoms with E-state index in [4.69, 9.17) is 19.1 Å². The van der Waals surface area contributed by atoms with Crippen molar-refractivity contribution in [1.82, 2.24) is 5.48 Å². The van der Waals surface area contributed by atoms with Crippen molar-refractivity contribution in [2.75, 3.05) is 13.7 Å². The Hall–Kier alpha value is -2.54. The van der Waals surface area contributed by atoms with Crippen molar-refractivity contribution in [3.05, 3.63) is 34.7 Å². The third-order valence-corrected chi connectivity index (χ3v) is 3.09. The first kappa shape index (κ1) is 15.8. The molecule has 1 amide bonds. The molecule has 0 bridgehead atoms. The van der Waals surface area contributed by atoms with Crippen LogP contribution in [0.3, 0.4) is 0 Å². The Morgan fingerprint density at radius 1 is 1.32 bits per heavy atom. The van der Waals surface area contributed by atoms with E-state index in [1.807, 2.05) is 0 Å². The number of hydrogen-bond donors (Lipinski definition) is 2. The maximum absolute atomic E-state index is 11.5. The zero-order valence-electron chi connectivity index (χ0n) is 12.1. The Bertz CT molecular complexity index is 709. The highest BCUT2D eigenvalue weighted by Gasteiger charge is 2.08. The molecule has 7 nitrogen and oxygen atoms in total. The van der Waals surface area contributed by atoms with Gasteiger partial charge in [-0.15, -0.1) is 0 Å². The quantitative estimate of drug-likeness (QED) is 0.351. The molecule has 0 fully saturated rings. The maximum Gasteiger partial charge on any atom is 0.339 e. The molecule has 1 heterocycles. The highest BCUT2D eigenvalue weighted by atomic mass is 16.5. The fourth-order valence-corrected chi connectivity index (χ4v) is 1.99. The van der Waals surface area contributed by atoms with E-state index in [1.54, 1.807) is 30.8 Å². The molecule has 22 heavy (non-hydrogen) atoms. The van der Waals surface area contributed by atoms with Crippen LogP contribution in [0.5, 0.6) is 11.5 Å². The number of carbonyl (C=O) groups is 1. The van der Waals surface area contributed by atoms with E-state index in [0.29, 0.717) is 41.9 Å². The smallest absolute Gasteiger partial charge is 0.339 e. The zero-order chi connectivity index (χ0) is 15.9. The summed E-state index contributed by atoms with van der Waals surface area (Å²) in [6.45, 7) is 0.342. The van der Waals surface area contributed by atoms with Gasteiger partial charge in [-0.3, -0.25) is 10.0 Å². The van der Waals surface area contributed by atoms with Gasteiger partial charge >= 0.3 is 5.63 Å². The van der Waals surface area contributed by atoms with Gasteiger partial charge in [0.15, 0.2) is 0 Å². The van der Waals surface area contributed by atoms with Crippen LogP contribution in [0.4, 0.5) is 0 Å². The van der Waals surface area contributed by atoms with Crippen LogP contribution < -0.4 is 20.6 Å². The Morgan fingerprint density at radius 3 is 2.86 bits per heavy atom. The minimum Gasteiger partial charge on any atom is -0.497 e. The number of rotatable bonds is 7. The number of carbonyl (C=O) groups excluding carboxylic acids is 1. The van der Waals surface area contributed by atoms with Crippen molar-refractivity contribution in [3.63, 3.8) is 0 Å². The molecule has 0 saturated heterocycles. The third kappa shape index (κ3) is 3.98. The molecule has 0 aliphatic rings. The van der Waals surface area contributed by atoms with Gasteiger partial charge < -0.3 is 13.9 Å². The highest BCUT2D eigenvalue weighted by Crippen LogP contribution is 2.27. The molecule has 1 aromatic heterocycles. The summed E-state index contributed by atoms with van der Waals surface area (Å²) in [6, 6.07) is 6.35. The van der Waals surface area contributed by atoms with E-state index < -0.39 is 11.5 Å². The van der Waals surface area contributed by atoms with Crippen molar-refractivity contribution in [2.24, 2.45) is 0 Å². The maximum atomic E-state index is 11.5. The molecule has 118 valence electrons. The lowest BCUT2D eigenvalue weighted by Gasteiger charge is -2.09. The van der Waals surface area contributed by atoms with Gasteiger partial charge in [0.25, 0.3) is 0 Å². The van der Waals surface area contributed by atoms with E-state index in [2.05, 4.69) is 0 Å². The number of nitrogens with one attached hydrogen (secondary N) is 1. The largest absolute Gasteiger partial charge is 0.497 e. The first-order valence-electron chi connectivity index (χ1n) is 6.81. The normalized spacial score (nSPS) is 10.5. The highest BCUT2D eigenvalue weighted by molar-refractivity contribution is 5.84. The van der Waals surface area contributed by atoms with Gasteiger partial charge in [0, 0.05) is 6.42 Å². The predicted octanol–water partition coefficient (Wildman–Crippen LogP) is 1.86. The number of hydrogen-bond acceptors (Lipinski definition) is 6. The molecule has 0 aliphatic heterocycles. The van der Waals surface area contributed by atoms with Crippen LogP contribution in [0.1, 0.15) is 19.3 Å². The Balaban J connectivity index is 2.06. The Labute approximate surface area is 126 Å². The molecule has 2 aromatic rings. The lowest BCUT2D eigenvalue weighted by Crippen LogP contribution is -2.18. The first-order valence-corrected chi connectivity index (χ1v) is 6.81. The van der Waals surface area contributed by atoms with Crippen molar-refractivity contribution in [2.45, 2.75) is 19.3 Å². The molecular formula is C15H17NO6. The summed E-state index contributed by atoms with van der Waals surface area (Å²) in [7, 11) is 1.55. The minimum atomic E-state index is -0.493. The van der Waals surface area contributed by atoms with Crippen LogP contribution in [0.15, 0.2) is 33.5 Å². The van der Waals surface area contributed by atoms with Gasteiger partial charge in [-0.1, -0.05) is 0 Å². The molecule has 2 rings (SSSR count). The number of fused-ring (bicyclic) bond motifs is 1. The number of methoxy groups -OCH3 is 1. The predicted molar refractivity (Wildman–Crippen MR) is 78.3 cm³/mol. The molecular weight excluding hydrogens is 290 g/mol. The number of unbranched alkanes of at least 4 members (excludes halogenated alkanes) is 1. The Morgan fingerprint density at radius 2 is 2.14 bits per heavy atom. The second-order valence-corrected chi connectivity index (χ2v) is 4.63. The molecule has 0 spiro atoms. The average Bonchev–Trinajstić information content (AvgIpc) is 2.53. The second-order valence-electron chi connectivity index (χ2n) is 4.63. The van der Waals surface area contributed by atoms with E-state index in [0.717, 1.165) is 0 Å². The van der Waals surface area contributed by atoms with Crippen LogP contribution in [0.2, 0.25) is 0 Å².